The number of carbonyl (C=O) groups excluding carboxylic acids is 1. The van der Waals surface area contributed by atoms with Crippen molar-refractivity contribution in [1.82, 2.24) is 0 Å². The minimum Gasteiger partial charge on any atom is -0.493 e. The second kappa shape index (κ2) is 8.41. The van der Waals surface area contributed by atoms with Gasteiger partial charge in [0.25, 0.3) is 5.91 Å². The van der Waals surface area contributed by atoms with Crippen LogP contribution in [0.2, 0.25) is 5.02 Å². The highest BCUT2D eigenvalue weighted by atomic mass is 35.5. The van der Waals surface area contributed by atoms with Crippen LogP contribution in [0.5, 0.6) is 11.5 Å². The third kappa shape index (κ3) is 4.35. The van der Waals surface area contributed by atoms with E-state index in [1.165, 1.54) is 13.2 Å². The molecule has 0 heterocycles. The van der Waals surface area contributed by atoms with Crippen LogP contribution in [-0.2, 0) is 4.79 Å². The quantitative estimate of drug-likeness (QED) is 0.620. The second-order valence-corrected chi connectivity index (χ2v) is 6.08. The minimum absolute atomic E-state index is 0.0281. The van der Waals surface area contributed by atoms with Crippen LogP contribution in [0, 0.1) is 25.2 Å². The molecule has 5 nitrogen and oxygen atoms in total. The largest absolute Gasteiger partial charge is 0.493 e. The van der Waals surface area contributed by atoms with E-state index in [2.05, 4.69) is 5.32 Å². The SMILES string of the molecule is COc1cc(C)c(/C=C(/C#N)C(=O)Nc2cc(Cl)ccc2C)cc1OC. The normalized spacial score (nSPS) is 10.8. The third-order valence-corrected chi connectivity index (χ3v) is 4.12. The smallest absolute Gasteiger partial charge is 0.266 e. The summed E-state index contributed by atoms with van der Waals surface area (Å²) in [4.78, 5) is 12.5. The summed E-state index contributed by atoms with van der Waals surface area (Å²) in [6.07, 6.45) is 1.52. The average Bonchev–Trinajstić information content (AvgIpc) is 2.63. The molecule has 2 rings (SSSR count). The zero-order chi connectivity index (χ0) is 19.3. The first kappa shape index (κ1) is 19.4. The van der Waals surface area contributed by atoms with Crippen molar-refractivity contribution >= 4 is 29.3 Å². The number of aryl methyl sites for hydroxylation is 2. The number of nitriles is 1. The van der Waals surface area contributed by atoms with Crippen molar-refractivity contribution in [3.05, 3.63) is 57.6 Å². The highest BCUT2D eigenvalue weighted by Gasteiger charge is 2.13. The number of methoxy groups -OCH3 is 2. The van der Waals surface area contributed by atoms with Crippen molar-refractivity contribution in [3.63, 3.8) is 0 Å². The van der Waals surface area contributed by atoms with E-state index in [0.717, 1.165) is 11.1 Å². The van der Waals surface area contributed by atoms with Gasteiger partial charge < -0.3 is 14.8 Å². The molecule has 0 radical (unpaired) electrons. The van der Waals surface area contributed by atoms with E-state index >= 15 is 0 Å². The molecule has 2 aromatic rings. The minimum atomic E-state index is -0.507. The lowest BCUT2D eigenvalue weighted by Crippen LogP contribution is -2.14. The topological polar surface area (TPSA) is 71.3 Å². The van der Waals surface area contributed by atoms with Crippen LogP contribution in [-0.4, -0.2) is 20.1 Å². The summed E-state index contributed by atoms with van der Waals surface area (Å²) >= 11 is 5.97. The van der Waals surface area contributed by atoms with Gasteiger partial charge in [0.05, 0.1) is 14.2 Å². The molecule has 0 bridgehead atoms. The van der Waals surface area contributed by atoms with Crippen LogP contribution >= 0.6 is 11.6 Å². The molecule has 0 aliphatic carbocycles. The summed E-state index contributed by atoms with van der Waals surface area (Å²) < 4.78 is 10.5. The predicted octanol–water partition coefficient (Wildman–Crippen LogP) is 4.52. The number of rotatable bonds is 5. The molecule has 1 N–H and O–H groups in total. The van der Waals surface area contributed by atoms with Crippen molar-refractivity contribution in [1.29, 1.82) is 5.26 Å². The standard InChI is InChI=1S/C20H19ClN2O3/c1-12-5-6-16(21)10-17(12)23-20(24)15(11-22)8-14-9-19(26-4)18(25-3)7-13(14)2/h5-10H,1-4H3,(H,23,24)/b15-8-. The van der Waals surface area contributed by atoms with Crippen molar-refractivity contribution in [2.75, 3.05) is 19.5 Å². The molecule has 0 atom stereocenters. The number of nitrogens with zero attached hydrogens (tertiary/aromatic N) is 1. The molecule has 0 aliphatic rings. The van der Waals surface area contributed by atoms with Crippen LogP contribution in [0.15, 0.2) is 35.9 Å². The zero-order valence-electron chi connectivity index (χ0n) is 15.0. The lowest BCUT2D eigenvalue weighted by Gasteiger charge is -2.11. The molecule has 0 unspecified atom stereocenters. The summed E-state index contributed by atoms with van der Waals surface area (Å²) in [5.74, 6) is 0.597. The van der Waals surface area contributed by atoms with E-state index < -0.39 is 5.91 Å². The Morgan fingerprint density at radius 1 is 1.12 bits per heavy atom. The molecule has 0 fully saturated rings. The molecule has 1 amide bonds. The summed E-state index contributed by atoms with van der Waals surface area (Å²) in [6, 6.07) is 10.6. The molecule has 0 spiro atoms. The Morgan fingerprint density at radius 3 is 2.38 bits per heavy atom. The summed E-state index contributed by atoms with van der Waals surface area (Å²) in [6.45, 7) is 3.71. The molecule has 0 aromatic heterocycles. The van der Waals surface area contributed by atoms with Gasteiger partial charge in [0.15, 0.2) is 11.5 Å². The van der Waals surface area contributed by atoms with Gasteiger partial charge in [-0.2, -0.15) is 5.26 Å². The molecular formula is C20H19ClN2O3. The van der Waals surface area contributed by atoms with Gasteiger partial charge in [-0.25, -0.2) is 0 Å². The Balaban J connectivity index is 2.37. The monoisotopic (exact) mass is 370 g/mol. The number of carbonyl (C=O) groups is 1. The van der Waals surface area contributed by atoms with E-state index in [1.807, 2.05) is 19.9 Å². The summed E-state index contributed by atoms with van der Waals surface area (Å²) in [5.41, 5.74) is 2.93. The van der Waals surface area contributed by atoms with Crippen molar-refractivity contribution in [3.8, 4) is 17.6 Å². The number of ether oxygens (including phenoxy) is 2. The highest BCUT2D eigenvalue weighted by molar-refractivity contribution is 6.31. The molecule has 2 aromatic carbocycles. The Morgan fingerprint density at radius 2 is 1.77 bits per heavy atom. The van der Waals surface area contributed by atoms with E-state index in [9.17, 15) is 10.1 Å². The van der Waals surface area contributed by atoms with Gasteiger partial charge in [0, 0.05) is 10.7 Å². The van der Waals surface area contributed by atoms with E-state index in [0.29, 0.717) is 27.8 Å². The molecule has 26 heavy (non-hydrogen) atoms. The summed E-state index contributed by atoms with van der Waals surface area (Å²) in [5, 5.41) is 12.6. The number of amides is 1. The van der Waals surface area contributed by atoms with Gasteiger partial charge in [-0.15, -0.1) is 0 Å². The first-order valence-electron chi connectivity index (χ1n) is 7.81. The zero-order valence-corrected chi connectivity index (χ0v) is 15.8. The van der Waals surface area contributed by atoms with Gasteiger partial charge in [-0.3, -0.25) is 4.79 Å². The van der Waals surface area contributed by atoms with Gasteiger partial charge >= 0.3 is 0 Å². The second-order valence-electron chi connectivity index (χ2n) is 5.65. The molecule has 134 valence electrons. The lowest BCUT2D eigenvalue weighted by atomic mass is 10.0. The number of hydrogen-bond donors (Lipinski definition) is 1. The molecule has 0 saturated carbocycles. The fourth-order valence-corrected chi connectivity index (χ4v) is 2.55. The van der Waals surface area contributed by atoms with Crippen LogP contribution in [0.4, 0.5) is 5.69 Å². The Kier molecular flexibility index (Phi) is 6.26. The van der Waals surface area contributed by atoms with Gasteiger partial charge in [0.1, 0.15) is 11.6 Å². The van der Waals surface area contributed by atoms with E-state index in [4.69, 9.17) is 21.1 Å². The lowest BCUT2D eigenvalue weighted by molar-refractivity contribution is -0.112. The first-order valence-corrected chi connectivity index (χ1v) is 8.19. The van der Waals surface area contributed by atoms with Gasteiger partial charge in [0.2, 0.25) is 0 Å². The van der Waals surface area contributed by atoms with E-state index in [1.54, 1.807) is 37.4 Å². The fourth-order valence-electron chi connectivity index (χ4n) is 2.37. The summed E-state index contributed by atoms with van der Waals surface area (Å²) in [7, 11) is 3.08. The maximum Gasteiger partial charge on any atom is 0.266 e. The number of nitrogens with one attached hydrogen (secondary N) is 1. The van der Waals surface area contributed by atoms with Crippen molar-refractivity contribution < 1.29 is 14.3 Å². The molecule has 0 aliphatic heterocycles. The molecule has 0 saturated heterocycles. The van der Waals surface area contributed by atoms with Gasteiger partial charge in [-0.1, -0.05) is 17.7 Å². The predicted molar refractivity (Wildman–Crippen MR) is 103 cm³/mol. The van der Waals surface area contributed by atoms with Crippen LogP contribution in [0.3, 0.4) is 0 Å². The third-order valence-electron chi connectivity index (χ3n) is 3.88. The number of hydrogen-bond acceptors (Lipinski definition) is 4. The van der Waals surface area contributed by atoms with Crippen LogP contribution in [0.1, 0.15) is 16.7 Å². The van der Waals surface area contributed by atoms with Crippen LogP contribution in [0.25, 0.3) is 6.08 Å². The maximum atomic E-state index is 12.5. The van der Waals surface area contributed by atoms with E-state index in [-0.39, 0.29) is 5.57 Å². The van der Waals surface area contributed by atoms with Crippen molar-refractivity contribution in [2.24, 2.45) is 0 Å². The highest BCUT2D eigenvalue weighted by Crippen LogP contribution is 2.31. The number of halogens is 1. The fraction of sp³-hybridized carbons (Fsp3) is 0.200. The van der Waals surface area contributed by atoms with Crippen molar-refractivity contribution in [2.45, 2.75) is 13.8 Å². The molecular weight excluding hydrogens is 352 g/mol. The average molecular weight is 371 g/mol. The van der Waals surface area contributed by atoms with Crippen LogP contribution < -0.4 is 14.8 Å². The Hall–Kier alpha value is -2.97. The Bertz CT molecular complexity index is 914. The molecule has 6 heteroatoms. The maximum absolute atomic E-state index is 12.5. The Labute approximate surface area is 157 Å². The number of anilines is 1. The van der Waals surface area contributed by atoms with Gasteiger partial charge in [-0.05, 0) is 60.9 Å². The first-order chi connectivity index (χ1) is 12.4. The number of benzene rings is 2.